The fraction of sp³-hybridized carbons (Fsp3) is 0.0417. The molecule has 0 unspecified atom stereocenters. The molecule has 0 aliphatic rings. The number of pyridine rings is 1. The number of para-hydroxylation sites is 2. The highest BCUT2D eigenvalue weighted by Gasteiger charge is 2.19. The molecule has 0 atom stereocenters. The van der Waals surface area contributed by atoms with Crippen LogP contribution in [-0.2, 0) is 0 Å². The van der Waals surface area contributed by atoms with Crippen LogP contribution < -0.4 is 4.74 Å². The number of aromatic amines is 1. The van der Waals surface area contributed by atoms with Crippen LogP contribution in [0, 0.1) is 0 Å². The van der Waals surface area contributed by atoms with E-state index in [4.69, 9.17) is 9.72 Å². The van der Waals surface area contributed by atoms with E-state index in [1.165, 1.54) is 10.8 Å². The Kier molecular flexibility index (Phi) is 3.65. The maximum absolute atomic E-state index is 5.69. The Balaban J connectivity index is 1.97. The van der Waals surface area contributed by atoms with Gasteiger partial charge in [0.05, 0.1) is 24.5 Å². The van der Waals surface area contributed by atoms with Gasteiger partial charge in [0, 0.05) is 33.0 Å². The maximum atomic E-state index is 5.69. The van der Waals surface area contributed by atoms with Crippen molar-refractivity contribution in [3.8, 4) is 28.1 Å². The zero-order chi connectivity index (χ0) is 18.2. The molecule has 5 aromatic rings. The Labute approximate surface area is 157 Å². The van der Waals surface area contributed by atoms with Crippen molar-refractivity contribution < 1.29 is 4.74 Å². The molecule has 0 fully saturated rings. The fourth-order valence-corrected chi connectivity index (χ4v) is 3.77. The zero-order valence-electron chi connectivity index (χ0n) is 14.9. The molecule has 130 valence electrons. The second-order valence-corrected chi connectivity index (χ2v) is 6.51. The minimum Gasteiger partial charge on any atom is -0.496 e. The lowest BCUT2D eigenvalue weighted by Crippen LogP contribution is -1.94. The van der Waals surface area contributed by atoms with Gasteiger partial charge in [-0.2, -0.15) is 0 Å². The predicted molar refractivity (Wildman–Crippen MR) is 111 cm³/mol. The summed E-state index contributed by atoms with van der Waals surface area (Å²) >= 11 is 0. The van der Waals surface area contributed by atoms with Crippen molar-refractivity contribution in [3.05, 3.63) is 85.1 Å². The highest BCUT2D eigenvalue weighted by molar-refractivity contribution is 6.17. The van der Waals surface area contributed by atoms with Gasteiger partial charge in [0.1, 0.15) is 5.75 Å². The summed E-state index contributed by atoms with van der Waals surface area (Å²) in [6.45, 7) is 0. The number of fused-ring (bicyclic) bond motifs is 3. The third-order valence-corrected chi connectivity index (χ3v) is 4.97. The Hall–Kier alpha value is -3.59. The van der Waals surface area contributed by atoms with E-state index < -0.39 is 0 Å². The van der Waals surface area contributed by atoms with Gasteiger partial charge in [-0.15, -0.1) is 0 Å². The Morgan fingerprint density at radius 2 is 1.52 bits per heavy atom. The van der Waals surface area contributed by atoms with Gasteiger partial charge in [0.2, 0.25) is 0 Å². The van der Waals surface area contributed by atoms with E-state index in [-0.39, 0.29) is 0 Å². The molecule has 0 bridgehead atoms. The number of aromatic nitrogens is 2. The number of benzene rings is 3. The van der Waals surface area contributed by atoms with Crippen LogP contribution in [0.1, 0.15) is 0 Å². The van der Waals surface area contributed by atoms with Crippen LogP contribution in [0.2, 0.25) is 0 Å². The van der Waals surface area contributed by atoms with Gasteiger partial charge < -0.3 is 9.72 Å². The minimum absolute atomic E-state index is 0.842. The largest absolute Gasteiger partial charge is 0.496 e. The first-order valence-corrected chi connectivity index (χ1v) is 8.95. The molecular weight excluding hydrogens is 332 g/mol. The first kappa shape index (κ1) is 15.6. The smallest absolute Gasteiger partial charge is 0.126 e. The van der Waals surface area contributed by atoms with E-state index in [9.17, 15) is 0 Å². The molecule has 0 amide bonds. The molecule has 5 rings (SSSR count). The lowest BCUT2D eigenvalue weighted by Gasteiger charge is -2.14. The van der Waals surface area contributed by atoms with Crippen LogP contribution in [0.25, 0.3) is 44.2 Å². The molecule has 2 aromatic heterocycles. The number of ether oxygens (including phenoxy) is 1. The topological polar surface area (TPSA) is 37.9 Å². The normalized spacial score (nSPS) is 11.1. The number of methoxy groups -OCH3 is 1. The fourth-order valence-electron chi connectivity index (χ4n) is 3.77. The average Bonchev–Trinajstić information content (AvgIpc) is 3.12. The molecule has 0 saturated heterocycles. The zero-order valence-corrected chi connectivity index (χ0v) is 14.9. The van der Waals surface area contributed by atoms with Crippen LogP contribution in [0.5, 0.6) is 5.75 Å². The molecule has 3 aromatic carbocycles. The number of hydrogen-bond donors (Lipinski definition) is 1. The predicted octanol–water partition coefficient (Wildman–Crippen LogP) is 6.06. The van der Waals surface area contributed by atoms with Crippen molar-refractivity contribution in [3.63, 3.8) is 0 Å². The third kappa shape index (κ3) is 2.48. The van der Waals surface area contributed by atoms with E-state index in [0.717, 1.165) is 39.2 Å². The van der Waals surface area contributed by atoms with Gasteiger partial charge in [-0.3, -0.25) is 4.98 Å². The van der Waals surface area contributed by atoms with Crippen molar-refractivity contribution in [2.75, 3.05) is 7.11 Å². The quantitative estimate of drug-likeness (QED) is 0.429. The van der Waals surface area contributed by atoms with E-state index >= 15 is 0 Å². The highest BCUT2D eigenvalue weighted by Crippen LogP contribution is 2.43. The number of H-pyrrole nitrogens is 1. The third-order valence-electron chi connectivity index (χ3n) is 4.97. The number of nitrogens with zero attached hydrogens (tertiary/aromatic N) is 1. The van der Waals surface area contributed by atoms with E-state index in [0.29, 0.717) is 0 Å². The average molecular weight is 350 g/mol. The Bertz CT molecular complexity index is 1260. The molecule has 3 nitrogen and oxygen atoms in total. The number of nitrogens with one attached hydrogen (secondary N) is 1. The van der Waals surface area contributed by atoms with E-state index in [1.807, 2.05) is 48.7 Å². The van der Waals surface area contributed by atoms with E-state index in [1.54, 1.807) is 7.11 Å². The molecule has 27 heavy (non-hydrogen) atoms. The van der Waals surface area contributed by atoms with Gasteiger partial charge in [-0.1, -0.05) is 66.7 Å². The van der Waals surface area contributed by atoms with Gasteiger partial charge in [0.15, 0.2) is 0 Å². The van der Waals surface area contributed by atoms with Crippen LogP contribution in [0.4, 0.5) is 0 Å². The van der Waals surface area contributed by atoms with Crippen molar-refractivity contribution >= 4 is 21.8 Å². The molecule has 0 radical (unpaired) electrons. The standard InChI is InChI=1S/C24H18N2O/c1-27-21-14-8-6-12-18(21)23-22-17-11-5-7-13-19(17)26-20(22)15-25-24(23)16-9-3-2-4-10-16/h2-15,26H,1H3. The van der Waals surface area contributed by atoms with Crippen LogP contribution in [0.15, 0.2) is 85.1 Å². The lowest BCUT2D eigenvalue weighted by atomic mass is 9.94. The van der Waals surface area contributed by atoms with E-state index in [2.05, 4.69) is 41.4 Å². The molecular formula is C24H18N2O. The second-order valence-electron chi connectivity index (χ2n) is 6.51. The summed E-state index contributed by atoms with van der Waals surface area (Å²) in [5, 5.41) is 2.36. The SMILES string of the molecule is COc1ccccc1-c1c(-c2ccccc2)ncc2[nH]c3ccccc3c12. The molecule has 3 heteroatoms. The lowest BCUT2D eigenvalue weighted by molar-refractivity contribution is 0.416. The summed E-state index contributed by atoms with van der Waals surface area (Å²) in [4.78, 5) is 8.34. The van der Waals surface area contributed by atoms with Crippen molar-refractivity contribution in [2.45, 2.75) is 0 Å². The van der Waals surface area contributed by atoms with Crippen molar-refractivity contribution in [1.29, 1.82) is 0 Å². The first-order valence-electron chi connectivity index (χ1n) is 8.95. The molecule has 1 N–H and O–H groups in total. The van der Waals surface area contributed by atoms with Gasteiger partial charge in [-0.25, -0.2) is 0 Å². The number of hydrogen-bond acceptors (Lipinski definition) is 2. The summed E-state index contributed by atoms with van der Waals surface area (Å²) in [7, 11) is 1.71. The Morgan fingerprint density at radius 1 is 0.778 bits per heavy atom. The first-order chi connectivity index (χ1) is 13.4. The molecule has 0 spiro atoms. The monoisotopic (exact) mass is 350 g/mol. The molecule has 0 aliphatic heterocycles. The highest BCUT2D eigenvalue weighted by atomic mass is 16.5. The summed E-state index contributed by atoms with van der Waals surface area (Å²) in [6, 6.07) is 26.8. The van der Waals surface area contributed by atoms with Gasteiger partial charge in [0.25, 0.3) is 0 Å². The number of rotatable bonds is 3. The summed E-state index contributed by atoms with van der Waals surface area (Å²) in [5.74, 6) is 0.842. The summed E-state index contributed by atoms with van der Waals surface area (Å²) in [6.07, 6.45) is 1.93. The van der Waals surface area contributed by atoms with Crippen LogP contribution >= 0.6 is 0 Å². The second kappa shape index (κ2) is 6.29. The van der Waals surface area contributed by atoms with Crippen molar-refractivity contribution in [1.82, 2.24) is 9.97 Å². The summed E-state index contributed by atoms with van der Waals surface area (Å²) in [5.41, 5.74) is 6.31. The van der Waals surface area contributed by atoms with Crippen molar-refractivity contribution in [2.24, 2.45) is 0 Å². The van der Waals surface area contributed by atoms with Gasteiger partial charge in [-0.05, 0) is 12.1 Å². The van der Waals surface area contributed by atoms with Crippen LogP contribution in [-0.4, -0.2) is 17.1 Å². The molecule has 0 aliphatic carbocycles. The summed E-state index contributed by atoms with van der Waals surface area (Å²) < 4.78 is 5.69. The molecule has 0 saturated carbocycles. The maximum Gasteiger partial charge on any atom is 0.126 e. The van der Waals surface area contributed by atoms with Gasteiger partial charge >= 0.3 is 0 Å². The molecule has 2 heterocycles. The van der Waals surface area contributed by atoms with Crippen LogP contribution in [0.3, 0.4) is 0 Å². The minimum atomic E-state index is 0.842. The Morgan fingerprint density at radius 3 is 2.37 bits per heavy atom.